The molecule has 0 aliphatic carbocycles. The zero-order chi connectivity index (χ0) is 34.7. The van der Waals surface area contributed by atoms with Crippen molar-refractivity contribution in [2.45, 2.75) is 45.6 Å². The average Bonchev–Trinajstić information content (AvgIpc) is 3.31. The normalized spacial score (nSPS) is 15.0. The lowest BCUT2D eigenvalue weighted by atomic mass is 9.98. The molecular weight excluding hydrogens is 695 g/mol. The minimum Gasteiger partial charge on any atom is -0.491 e. The highest BCUT2D eigenvalue weighted by Crippen LogP contribution is 2.35. The van der Waals surface area contributed by atoms with Gasteiger partial charge in [-0.3, -0.25) is 14.5 Å². The number of fused-ring (bicyclic) bond motifs is 2. The molecule has 256 valence electrons. The fourth-order valence-electron chi connectivity index (χ4n) is 5.88. The first kappa shape index (κ1) is 34.1. The molecular formula is C36H38BrFN6O5. The number of imide groups is 1. The van der Waals surface area contributed by atoms with Gasteiger partial charge in [0.05, 0.1) is 34.6 Å². The quantitative estimate of drug-likeness (QED) is 0.127. The molecule has 0 radical (unpaired) electrons. The Kier molecular flexibility index (Phi) is 10.00. The maximum atomic E-state index is 14.7. The smallest absolute Gasteiger partial charge is 0.410 e. The molecule has 0 saturated carbocycles. The predicted octanol–water partition coefficient (Wildman–Crippen LogP) is 7.40. The molecule has 2 aliphatic rings. The first-order valence-electron chi connectivity index (χ1n) is 16.3. The molecule has 2 N–H and O–H groups in total. The fourth-order valence-corrected chi connectivity index (χ4v) is 6.21. The summed E-state index contributed by atoms with van der Waals surface area (Å²) in [5.41, 5.74) is 1.81. The van der Waals surface area contributed by atoms with E-state index in [0.29, 0.717) is 76.4 Å². The molecule has 3 amide bonds. The van der Waals surface area contributed by atoms with E-state index in [-0.39, 0.29) is 36.1 Å². The third-order valence-electron chi connectivity index (χ3n) is 8.41. The molecule has 0 unspecified atom stereocenters. The van der Waals surface area contributed by atoms with Crippen molar-refractivity contribution in [2.24, 2.45) is 5.92 Å². The van der Waals surface area contributed by atoms with Crippen molar-refractivity contribution >= 4 is 61.9 Å². The molecule has 3 aromatic carbocycles. The Bertz CT molecular complexity index is 1860. The van der Waals surface area contributed by atoms with Crippen LogP contribution in [0.5, 0.6) is 5.75 Å². The molecule has 49 heavy (non-hydrogen) atoms. The number of carbonyl (C=O) groups excluding carboxylic acids is 3. The van der Waals surface area contributed by atoms with Gasteiger partial charge in [-0.1, -0.05) is 28.1 Å². The number of nitrogens with one attached hydrogen (secondary N) is 2. The van der Waals surface area contributed by atoms with Gasteiger partial charge in [0.25, 0.3) is 11.8 Å². The lowest BCUT2D eigenvalue weighted by Crippen LogP contribution is -2.42. The van der Waals surface area contributed by atoms with Crippen LogP contribution in [0.25, 0.3) is 10.9 Å². The lowest BCUT2D eigenvalue weighted by Gasteiger charge is -2.33. The standard InChI is InChI=1S/C36H38BrFN6O5/c1-36(2,3)49-35(47)43-15-11-22(12-16-43)20-48-31-19-29-26(32(41-21-40-29)42-28-10-9-23(37)17-27(28)38)18-30(31)39-13-6-14-44-33(45)24-7-4-5-8-25(24)34(44)46/h4-5,7-10,17-19,21-22,39H,6,11-16,20H2,1-3H3,(H,40,41,42). The number of hydrogen-bond donors (Lipinski definition) is 2. The molecule has 13 heteroatoms. The van der Waals surface area contributed by atoms with Crippen molar-refractivity contribution in [2.75, 3.05) is 43.4 Å². The highest BCUT2D eigenvalue weighted by Gasteiger charge is 2.34. The third kappa shape index (κ3) is 7.93. The zero-order valence-electron chi connectivity index (χ0n) is 27.6. The number of anilines is 3. The molecule has 1 fully saturated rings. The minimum absolute atomic E-state index is 0.221. The van der Waals surface area contributed by atoms with Gasteiger partial charge in [-0.2, -0.15) is 0 Å². The number of hydrogen-bond acceptors (Lipinski definition) is 9. The van der Waals surface area contributed by atoms with E-state index in [4.69, 9.17) is 9.47 Å². The Morgan fingerprint density at radius 3 is 2.39 bits per heavy atom. The van der Waals surface area contributed by atoms with Crippen LogP contribution in [0.15, 0.2) is 65.4 Å². The molecule has 6 rings (SSSR count). The maximum Gasteiger partial charge on any atom is 0.410 e. The molecule has 1 aromatic heterocycles. The summed E-state index contributed by atoms with van der Waals surface area (Å²) >= 11 is 3.29. The van der Waals surface area contributed by atoms with Gasteiger partial charge in [-0.15, -0.1) is 0 Å². The summed E-state index contributed by atoms with van der Waals surface area (Å²) in [6, 6.07) is 15.2. The van der Waals surface area contributed by atoms with Crippen molar-refractivity contribution in [3.63, 3.8) is 0 Å². The summed E-state index contributed by atoms with van der Waals surface area (Å²) in [5, 5.41) is 7.14. The number of halogens is 2. The first-order chi connectivity index (χ1) is 23.5. The van der Waals surface area contributed by atoms with Gasteiger partial charge in [-0.05, 0) is 82.3 Å². The number of likely N-dealkylation sites (tertiary alicyclic amines) is 1. The molecule has 0 spiro atoms. The zero-order valence-corrected chi connectivity index (χ0v) is 29.2. The summed E-state index contributed by atoms with van der Waals surface area (Å²) in [7, 11) is 0. The number of ether oxygens (including phenoxy) is 2. The summed E-state index contributed by atoms with van der Waals surface area (Å²) in [6.45, 7) is 7.84. The van der Waals surface area contributed by atoms with Crippen LogP contribution in [-0.2, 0) is 4.74 Å². The van der Waals surface area contributed by atoms with Gasteiger partial charge in [0, 0.05) is 42.1 Å². The van der Waals surface area contributed by atoms with Crippen molar-refractivity contribution < 1.29 is 28.2 Å². The van der Waals surface area contributed by atoms with E-state index in [0.717, 1.165) is 12.8 Å². The highest BCUT2D eigenvalue weighted by atomic mass is 79.9. The van der Waals surface area contributed by atoms with E-state index in [9.17, 15) is 18.8 Å². The van der Waals surface area contributed by atoms with Crippen LogP contribution < -0.4 is 15.4 Å². The number of amides is 3. The Balaban J connectivity index is 1.17. The van der Waals surface area contributed by atoms with Gasteiger partial charge in [0.2, 0.25) is 0 Å². The summed E-state index contributed by atoms with van der Waals surface area (Å²) in [6.07, 6.45) is 3.14. The number of rotatable bonds is 10. The van der Waals surface area contributed by atoms with E-state index in [1.165, 1.54) is 17.3 Å². The summed E-state index contributed by atoms with van der Waals surface area (Å²) in [5.74, 6) is 0.190. The number of benzene rings is 3. The number of nitrogens with zero attached hydrogens (tertiary/aromatic N) is 4. The molecule has 0 bridgehead atoms. The summed E-state index contributed by atoms with van der Waals surface area (Å²) in [4.78, 5) is 50.1. The predicted molar refractivity (Wildman–Crippen MR) is 188 cm³/mol. The molecule has 1 saturated heterocycles. The van der Waals surface area contributed by atoms with Crippen molar-refractivity contribution in [3.05, 3.63) is 82.3 Å². The lowest BCUT2D eigenvalue weighted by molar-refractivity contribution is 0.0165. The van der Waals surface area contributed by atoms with Gasteiger partial charge in [0.1, 0.15) is 29.3 Å². The van der Waals surface area contributed by atoms with Crippen LogP contribution in [0.2, 0.25) is 0 Å². The van der Waals surface area contributed by atoms with E-state index in [2.05, 4.69) is 36.5 Å². The second kappa shape index (κ2) is 14.4. The second-order valence-electron chi connectivity index (χ2n) is 13.1. The average molecular weight is 734 g/mol. The Morgan fingerprint density at radius 2 is 1.71 bits per heavy atom. The van der Waals surface area contributed by atoms with E-state index < -0.39 is 11.4 Å². The van der Waals surface area contributed by atoms with Gasteiger partial charge in [-0.25, -0.2) is 19.2 Å². The Morgan fingerprint density at radius 1 is 1.00 bits per heavy atom. The van der Waals surface area contributed by atoms with Crippen molar-refractivity contribution in [1.29, 1.82) is 0 Å². The third-order valence-corrected chi connectivity index (χ3v) is 8.91. The van der Waals surface area contributed by atoms with E-state index in [1.807, 2.05) is 32.9 Å². The van der Waals surface area contributed by atoms with Crippen LogP contribution >= 0.6 is 15.9 Å². The number of aromatic nitrogens is 2. The highest BCUT2D eigenvalue weighted by molar-refractivity contribution is 9.10. The van der Waals surface area contributed by atoms with Crippen molar-refractivity contribution in [3.8, 4) is 5.75 Å². The largest absolute Gasteiger partial charge is 0.491 e. The molecule has 11 nitrogen and oxygen atoms in total. The maximum absolute atomic E-state index is 14.7. The Hall–Kier alpha value is -4.78. The topological polar surface area (TPSA) is 126 Å². The molecule has 4 aromatic rings. The van der Waals surface area contributed by atoms with Crippen LogP contribution in [0, 0.1) is 11.7 Å². The minimum atomic E-state index is -0.549. The van der Waals surface area contributed by atoms with Gasteiger partial charge in [0.15, 0.2) is 0 Å². The van der Waals surface area contributed by atoms with E-state index >= 15 is 0 Å². The van der Waals surface area contributed by atoms with Crippen LogP contribution in [-0.4, -0.2) is 76.1 Å². The number of piperidine rings is 1. The Labute approximate surface area is 292 Å². The molecule has 0 atom stereocenters. The van der Waals surface area contributed by atoms with Gasteiger partial charge >= 0.3 is 6.09 Å². The van der Waals surface area contributed by atoms with Crippen molar-refractivity contribution in [1.82, 2.24) is 19.8 Å². The molecule has 2 aliphatic heterocycles. The first-order valence-corrected chi connectivity index (χ1v) is 17.1. The number of carbonyl (C=O) groups is 3. The van der Waals surface area contributed by atoms with Crippen LogP contribution in [0.1, 0.15) is 60.7 Å². The van der Waals surface area contributed by atoms with Crippen LogP contribution in [0.3, 0.4) is 0 Å². The van der Waals surface area contributed by atoms with E-state index in [1.54, 1.807) is 41.3 Å². The SMILES string of the molecule is CC(C)(C)OC(=O)N1CCC(COc2cc3ncnc(Nc4ccc(Br)cc4F)c3cc2NCCCN2C(=O)c3ccccc3C2=O)CC1. The monoisotopic (exact) mass is 732 g/mol. The van der Waals surface area contributed by atoms with Crippen LogP contribution in [0.4, 0.5) is 26.4 Å². The fraction of sp³-hybridized carbons (Fsp3) is 0.361. The molecule has 3 heterocycles. The second-order valence-corrected chi connectivity index (χ2v) is 14.1. The summed E-state index contributed by atoms with van der Waals surface area (Å²) < 4.78 is 27.3. The van der Waals surface area contributed by atoms with Gasteiger partial charge < -0.3 is 25.0 Å².